The van der Waals surface area contributed by atoms with Crippen molar-refractivity contribution in [3.8, 4) is 5.75 Å². The van der Waals surface area contributed by atoms with E-state index in [9.17, 15) is 14.0 Å². The van der Waals surface area contributed by atoms with Gasteiger partial charge in [0.05, 0.1) is 6.42 Å². The molecule has 0 unspecified atom stereocenters. The largest absolute Gasteiger partial charge is 0.485 e. The van der Waals surface area contributed by atoms with Crippen LogP contribution in [0.4, 0.5) is 10.1 Å². The topological polar surface area (TPSA) is 55.4 Å². The molecule has 5 heteroatoms. The molecule has 0 saturated carbocycles. The third-order valence-electron chi connectivity index (χ3n) is 3.88. The van der Waals surface area contributed by atoms with Crippen molar-refractivity contribution in [3.63, 3.8) is 0 Å². The fourth-order valence-corrected chi connectivity index (χ4v) is 2.48. The zero-order chi connectivity index (χ0) is 19.1. The average molecular weight is 363 g/mol. The van der Waals surface area contributed by atoms with E-state index in [0.29, 0.717) is 17.0 Å². The molecule has 3 aromatic carbocycles. The van der Waals surface area contributed by atoms with Crippen LogP contribution in [0.25, 0.3) is 0 Å². The number of rotatable bonds is 7. The van der Waals surface area contributed by atoms with E-state index in [4.69, 9.17) is 4.74 Å². The molecule has 0 heterocycles. The molecule has 136 valence electrons. The van der Waals surface area contributed by atoms with Crippen molar-refractivity contribution in [1.82, 2.24) is 0 Å². The molecule has 0 saturated heterocycles. The van der Waals surface area contributed by atoms with E-state index in [1.807, 2.05) is 6.07 Å². The van der Waals surface area contributed by atoms with E-state index in [2.05, 4.69) is 5.32 Å². The minimum absolute atomic E-state index is 0.0553. The van der Waals surface area contributed by atoms with Gasteiger partial charge in [-0.1, -0.05) is 42.5 Å². The molecular weight excluding hydrogens is 345 g/mol. The normalized spacial score (nSPS) is 10.3. The number of anilines is 1. The second kappa shape index (κ2) is 8.76. The first kappa shape index (κ1) is 18.3. The Morgan fingerprint density at radius 2 is 1.52 bits per heavy atom. The molecule has 27 heavy (non-hydrogen) atoms. The maximum absolute atomic E-state index is 12.9. The molecule has 1 amide bonds. The fraction of sp³-hybridized carbons (Fsp3) is 0.0909. The molecule has 0 aliphatic carbocycles. The van der Waals surface area contributed by atoms with Crippen LogP contribution < -0.4 is 10.1 Å². The van der Waals surface area contributed by atoms with Crippen LogP contribution in [0.3, 0.4) is 0 Å². The lowest BCUT2D eigenvalue weighted by molar-refractivity contribution is -0.115. The molecule has 0 fully saturated rings. The Kier molecular flexibility index (Phi) is 5.94. The van der Waals surface area contributed by atoms with Crippen LogP contribution in [0.1, 0.15) is 15.9 Å². The summed E-state index contributed by atoms with van der Waals surface area (Å²) in [7, 11) is 0. The fourth-order valence-electron chi connectivity index (χ4n) is 2.48. The predicted molar refractivity (Wildman–Crippen MR) is 101 cm³/mol. The summed E-state index contributed by atoms with van der Waals surface area (Å²) in [6.45, 7) is -0.0553. The van der Waals surface area contributed by atoms with Crippen LogP contribution in [0.15, 0.2) is 78.9 Å². The van der Waals surface area contributed by atoms with Gasteiger partial charge >= 0.3 is 0 Å². The predicted octanol–water partition coefficient (Wildman–Crippen LogP) is 4.27. The van der Waals surface area contributed by atoms with Crippen molar-refractivity contribution in [2.24, 2.45) is 0 Å². The third kappa shape index (κ3) is 5.51. The van der Waals surface area contributed by atoms with E-state index >= 15 is 0 Å². The molecule has 4 nitrogen and oxygen atoms in total. The highest BCUT2D eigenvalue weighted by atomic mass is 19.1. The molecular formula is C22H18FNO3. The van der Waals surface area contributed by atoms with Gasteiger partial charge in [-0.3, -0.25) is 9.59 Å². The molecule has 1 N–H and O–H groups in total. The number of hydrogen-bond donors (Lipinski definition) is 1. The molecule has 0 spiro atoms. The summed E-state index contributed by atoms with van der Waals surface area (Å²) in [5, 5.41) is 2.77. The lowest BCUT2D eigenvalue weighted by atomic mass is 10.1. The number of Topliss-reactive ketones (excluding diaryl/α,β-unsaturated/α-hetero) is 1. The summed E-state index contributed by atoms with van der Waals surface area (Å²) in [6.07, 6.45) is 0.157. The molecule has 3 rings (SSSR count). The number of amides is 1. The van der Waals surface area contributed by atoms with Gasteiger partial charge in [-0.25, -0.2) is 4.39 Å². The van der Waals surface area contributed by atoms with Crippen molar-refractivity contribution in [2.75, 3.05) is 11.9 Å². The standard InChI is InChI=1S/C22H18FNO3/c23-18-8-6-16(7-9-18)14-22(26)24-19-10-12-20(13-11-19)27-15-21(25)17-4-2-1-3-5-17/h1-13H,14-15H2,(H,24,26). The van der Waals surface area contributed by atoms with Gasteiger partial charge in [-0.2, -0.15) is 0 Å². The summed E-state index contributed by atoms with van der Waals surface area (Å²) in [4.78, 5) is 24.1. The van der Waals surface area contributed by atoms with Crippen LogP contribution >= 0.6 is 0 Å². The first-order valence-corrected chi connectivity index (χ1v) is 8.45. The highest BCUT2D eigenvalue weighted by molar-refractivity contribution is 5.97. The van der Waals surface area contributed by atoms with Gasteiger partial charge in [0.15, 0.2) is 12.4 Å². The highest BCUT2D eigenvalue weighted by Crippen LogP contribution is 2.16. The maximum Gasteiger partial charge on any atom is 0.228 e. The number of hydrogen-bond acceptors (Lipinski definition) is 3. The number of benzene rings is 3. The van der Waals surface area contributed by atoms with Gasteiger partial charge in [0, 0.05) is 11.3 Å². The first-order chi connectivity index (χ1) is 13.1. The van der Waals surface area contributed by atoms with Gasteiger partial charge in [-0.05, 0) is 42.0 Å². The van der Waals surface area contributed by atoms with Crippen LogP contribution in [0.2, 0.25) is 0 Å². The smallest absolute Gasteiger partial charge is 0.228 e. The van der Waals surface area contributed by atoms with Crippen LogP contribution in [-0.2, 0) is 11.2 Å². The number of halogens is 1. The highest BCUT2D eigenvalue weighted by Gasteiger charge is 2.07. The lowest BCUT2D eigenvalue weighted by Gasteiger charge is -2.08. The molecule has 0 aliphatic heterocycles. The molecule has 0 atom stereocenters. The summed E-state index contributed by atoms with van der Waals surface area (Å²) >= 11 is 0. The van der Waals surface area contributed by atoms with Crippen molar-refractivity contribution < 1.29 is 18.7 Å². The average Bonchev–Trinajstić information content (AvgIpc) is 2.69. The van der Waals surface area contributed by atoms with E-state index in [1.54, 1.807) is 60.7 Å². The number of nitrogens with one attached hydrogen (secondary N) is 1. The Labute approximate surface area is 156 Å². The van der Waals surface area contributed by atoms with Gasteiger partial charge in [0.2, 0.25) is 5.91 Å². The summed E-state index contributed by atoms with van der Waals surface area (Å²) in [6, 6.07) is 21.5. The van der Waals surface area contributed by atoms with Gasteiger partial charge in [0.25, 0.3) is 0 Å². The number of carbonyl (C=O) groups is 2. The van der Waals surface area contributed by atoms with E-state index < -0.39 is 0 Å². The van der Waals surface area contributed by atoms with E-state index in [1.165, 1.54) is 12.1 Å². The molecule has 0 aromatic heterocycles. The quantitative estimate of drug-likeness (QED) is 0.638. The Bertz CT molecular complexity index is 907. The summed E-state index contributed by atoms with van der Waals surface area (Å²) < 4.78 is 18.4. The lowest BCUT2D eigenvalue weighted by Crippen LogP contribution is -2.14. The Balaban J connectivity index is 1.50. The maximum atomic E-state index is 12.9. The monoisotopic (exact) mass is 363 g/mol. The second-order valence-electron chi connectivity index (χ2n) is 5.95. The van der Waals surface area contributed by atoms with Gasteiger partial charge in [0.1, 0.15) is 11.6 Å². The molecule has 0 bridgehead atoms. The van der Waals surface area contributed by atoms with Gasteiger partial charge in [-0.15, -0.1) is 0 Å². The minimum atomic E-state index is -0.333. The number of ether oxygens (including phenoxy) is 1. The minimum Gasteiger partial charge on any atom is -0.485 e. The third-order valence-corrected chi connectivity index (χ3v) is 3.88. The van der Waals surface area contributed by atoms with Crippen molar-refractivity contribution in [1.29, 1.82) is 0 Å². The van der Waals surface area contributed by atoms with E-state index in [-0.39, 0.29) is 30.5 Å². The molecule has 0 aliphatic rings. The Morgan fingerprint density at radius 1 is 0.852 bits per heavy atom. The van der Waals surface area contributed by atoms with Crippen LogP contribution in [0.5, 0.6) is 5.75 Å². The SMILES string of the molecule is O=C(Cc1ccc(F)cc1)Nc1ccc(OCC(=O)c2ccccc2)cc1. The van der Waals surface area contributed by atoms with Gasteiger partial charge < -0.3 is 10.1 Å². The van der Waals surface area contributed by atoms with Crippen LogP contribution in [0, 0.1) is 5.82 Å². The zero-order valence-corrected chi connectivity index (χ0v) is 14.5. The Morgan fingerprint density at radius 3 is 2.19 bits per heavy atom. The van der Waals surface area contributed by atoms with Crippen molar-refractivity contribution >= 4 is 17.4 Å². The van der Waals surface area contributed by atoms with E-state index in [0.717, 1.165) is 5.56 Å². The molecule has 0 radical (unpaired) electrons. The van der Waals surface area contributed by atoms with Crippen molar-refractivity contribution in [3.05, 3.63) is 95.8 Å². The second-order valence-corrected chi connectivity index (χ2v) is 5.95. The number of carbonyl (C=O) groups excluding carboxylic acids is 2. The summed E-state index contributed by atoms with van der Waals surface area (Å²) in [5.74, 6) is -0.0990. The number of ketones is 1. The van der Waals surface area contributed by atoms with Crippen molar-refractivity contribution in [2.45, 2.75) is 6.42 Å². The first-order valence-electron chi connectivity index (χ1n) is 8.45. The summed E-state index contributed by atoms with van der Waals surface area (Å²) in [5.41, 5.74) is 1.94. The van der Waals surface area contributed by atoms with Crippen LogP contribution in [-0.4, -0.2) is 18.3 Å². The molecule has 3 aromatic rings. The zero-order valence-electron chi connectivity index (χ0n) is 14.5. The Hall–Kier alpha value is -3.47.